The van der Waals surface area contributed by atoms with Crippen molar-refractivity contribution in [2.24, 2.45) is 5.73 Å². The lowest BCUT2D eigenvalue weighted by atomic mass is 9.91. The van der Waals surface area contributed by atoms with E-state index in [-0.39, 0.29) is 0 Å². The molecule has 1 aliphatic carbocycles. The molecule has 0 unspecified atom stereocenters. The van der Waals surface area contributed by atoms with Crippen LogP contribution in [0.5, 0.6) is 0 Å². The molecule has 2 N–H and O–H groups in total. The molecule has 0 bridgehead atoms. The van der Waals surface area contributed by atoms with Crippen molar-refractivity contribution in [2.45, 2.75) is 19.8 Å². The minimum Gasteiger partial charge on any atom is -0.327 e. The largest absolute Gasteiger partial charge is 0.327 e. The third-order valence-corrected chi connectivity index (χ3v) is 2.64. The Hall–Kier alpha value is -1.08. The fourth-order valence-electron chi connectivity index (χ4n) is 1.84. The van der Waals surface area contributed by atoms with Gasteiger partial charge in [0.15, 0.2) is 0 Å². The highest BCUT2D eigenvalue weighted by atomic mass is 14.5. The van der Waals surface area contributed by atoms with Gasteiger partial charge in [-0.05, 0) is 30.9 Å². The van der Waals surface area contributed by atoms with E-state index in [0.717, 1.165) is 12.8 Å². The zero-order chi connectivity index (χ0) is 9.26. The Labute approximate surface area is 79.3 Å². The summed E-state index contributed by atoms with van der Waals surface area (Å²) in [6, 6.07) is 6.63. The summed E-state index contributed by atoms with van der Waals surface area (Å²) in [6.07, 6.45) is 4.52. The van der Waals surface area contributed by atoms with E-state index in [0.29, 0.717) is 6.54 Å². The van der Waals surface area contributed by atoms with Gasteiger partial charge >= 0.3 is 0 Å². The van der Waals surface area contributed by atoms with Crippen LogP contribution in [0.25, 0.3) is 6.08 Å². The highest BCUT2D eigenvalue weighted by Crippen LogP contribution is 2.23. The molecule has 1 aromatic rings. The molecule has 1 heteroatoms. The van der Waals surface area contributed by atoms with Crippen LogP contribution in [0, 0.1) is 6.92 Å². The molecular weight excluding hydrogens is 158 g/mol. The van der Waals surface area contributed by atoms with Gasteiger partial charge in [0.1, 0.15) is 0 Å². The number of hydrogen-bond acceptors (Lipinski definition) is 1. The second-order valence-electron chi connectivity index (χ2n) is 3.71. The van der Waals surface area contributed by atoms with Crippen LogP contribution >= 0.6 is 0 Å². The number of rotatable bonds is 1. The van der Waals surface area contributed by atoms with Crippen LogP contribution in [0.1, 0.15) is 23.1 Å². The van der Waals surface area contributed by atoms with Crippen LogP contribution in [-0.4, -0.2) is 6.54 Å². The van der Waals surface area contributed by atoms with Gasteiger partial charge < -0.3 is 5.73 Å². The molecule has 0 spiro atoms. The summed E-state index contributed by atoms with van der Waals surface area (Å²) in [6.45, 7) is 2.84. The molecular formula is C12H15N. The van der Waals surface area contributed by atoms with Crippen molar-refractivity contribution in [3.8, 4) is 0 Å². The number of aryl methyl sites for hydroxylation is 2. The molecule has 0 heterocycles. The van der Waals surface area contributed by atoms with Crippen molar-refractivity contribution in [1.82, 2.24) is 0 Å². The maximum absolute atomic E-state index is 5.62. The Morgan fingerprint density at radius 2 is 2.15 bits per heavy atom. The van der Waals surface area contributed by atoms with Gasteiger partial charge in [0.05, 0.1) is 0 Å². The first kappa shape index (κ1) is 8.52. The Bertz CT molecular complexity index is 350. The van der Waals surface area contributed by atoms with Crippen LogP contribution in [0.15, 0.2) is 23.8 Å². The second kappa shape index (κ2) is 3.35. The minimum atomic E-state index is 0.702. The summed E-state index contributed by atoms with van der Waals surface area (Å²) in [7, 11) is 0. The van der Waals surface area contributed by atoms with Crippen molar-refractivity contribution in [1.29, 1.82) is 0 Å². The van der Waals surface area contributed by atoms with E-state index in [1.807, 2.05) is 0 Å². The first-order valence-electron chi connectivity index (χ1n) is 4.78. The molecule has 0 aromatic heterocycles. The summed E-state index contributed by atoms with van der Waals surface area (Å²) in [5.74, 6) is 0. The number of hydrogen-bond donors (Lipinski definition) is 1. The predicted molar refractivity (Wildman–Crippen MR) is 56.5 cm³/mol. The number of fused-ring (bicyclic) bond motifs is 1. The quantitative estimate of drug-likeness (QED) is 0.692. The molecule has 0 saturated heterocycles. The van der Waals surface area contributed by atoms with Crippen molar-refractivity contribution in [3.05, 3.63) is 40.5 Å². The maximum Gasteiger partial charge on any atom is 0.0140 e. The van der Waals surface area contributed by atoms with Crippen LogP contribution in [0.2, 0.25) is 0 Å². The smallest absolute Gasteiger partial charge is 0.0140 e. The Balaban J connectivity index is 2.42. The summed E-state index contributed by atoms with van der Waals surface area (Å²) < 4.78 is 0. The first-order chi connectivity index (χ1) is 6.29. The third-order valence-electron chi connectivity index (χ3n) is 2.64. The molecule has 0 amide bonds. The van der Waals surface area contributed by atoms with E-state index in [1.165, 1.54) is 22.3 Å². The SMILES string of the molecule is Cc1ccc2c(c1)CCC(CN)=C2. The van der Waals surface area contributed by atoms with E-state index in [2.05, 4.69) is 31.2 Å². The number of nitrogens with two attached hydrogens (primary N) is 1. The molecule has 0 atom stereocenters. The zero-order valence-electron chi connectivity index (χ0n) is 8.01. The molecule has 0 saturated carbocycles. The van der Waals surface area contributed by atoms with Crippen molar-refractivity contribution in [3.63, 3.8) is 0 Å². The normalized spacial score (nSPS) is 15.1. The summed E-state index contributed by atoms with van der Waals surface area (Å²) in [5.41, 5.74) is 11.2. The van der Waals surface area contributed by atoms with Crippen molar-refractivity contribution >= 4 is 6.08 Å². The van der Waals surface area contributed by atoms with Crippen LogP contribution < -0.4 is 5.73 Å². The molecule has 0 radical (unpaired) electrons. The molecule has 1 aromatic carbocycles. The lowest BCUT2D eigenvalue weighted by Crippen LogP contribution is -2.08. The topological polar surface area (TPSA) is 26.0 Å². The van der Waals surface area contributed by atoms with Crippen LogP contribution in [0.3, 0.4) is 0 Å². The van der Waals surface area contributed by atoms with Gasteiger partial charge in [0, 0.05) is 6.54 Å². The lowest BCUT2D eigenvalue weighted by molar-refractivity contribution is 0.891. The maximum atomic E-state index is 5.62. The summed E-state index contributed by atoms with van der Waals surface area (Å²) in [4.78, 5) is 0. The van der Waals surface area contributed by atoms with E-state index in [1.54, 1.807) is 0 Å². The zero-order valence-corrected chi connectivity index (χ0v) is 8.01. The van der Waals surface area contributed by atoms with Gasteiger partial charge in [-0.15, -0.1) is 0 Å². The Morgan fingerprint density at radius 1 is 1.31 bits per heavy atom. The van der Waals surface area contributed by atoms with Crippen molar-refractivity contribution < 1.29 is 0 Å². The predicted octanol–water partition coefficient (Wildman–Crippen LogP) is 2.28. The molecule has 0 fully saturated rings. The second-order valence-corrected chi connectivity index (χ2v) is 3.71. The Morgan fingerprint density at radius 3 is 2.92 bits per heavy atom. The van der Waals surface area contributed by atoms with Gasteiger partial charge in [-0.3, -0.25) is 0 Å². The van der Waals surface area contributed by atoms with E-state index in [4.69, 9.17) is 5.73 Å². The molecule has 68 valence electrons. The highest BCUT2D eigenvalue weighted by molar-refractivity contribution is 5.60. The molecule has 13 heavy (non-hydrogen) atoms. The van der Waals surface area contributed by atoms with Crippen LogP contribution in [0.4, 0.5) is 0 Å². The average molecular weight is 173 g/mol. The van der Waals surface area contributed by atoms with Crippen LogP contribution in [-0.2, 0) is 6.42 Å². The summed E-state index contributed by atoms with van der Waals surface area (Å²) in [5, 5.41) is 0. The van der Waals surface area contributed by atoms with Gasteiger partial charge in [-0.25, -0.2) is 0 Å². The Kier molecular flexibility index (Phi) is 2.19. The average Bonchev–Trinajstić information content (AvgIpc) is 2.17. The van der Waals surface area contributed by atoms with E-state index in [9.17, 15) is 0 Å². The standard InChI is InChI=1S/C12H15N/c1-9-2-4-12-7-10(8-13)3-5-11(12)6-9/h2,4,6-7H,3,5,8,13H2,1H3. The highest BCUT2D eigenvalue weighted by Gasteiger charge is 2.08. The monoisotopic (exact) mass is 173 g/mol. The lowest BCUT2D eigenvalue weighted by Gasteiger charge is -2.15. The third kappa shape index (κ3) is 1.65. The fraction of sp³-hybridized carbons (Fsp3) is 0.333. The molecule has 1 aliphatic rings. The fourth-order valence-corrected chi connectivity index (χ4v) is 1.84. The first-order valence-corrected chi connectivity index (χ1v) is 4.78. The van der Waals surface area contributed by atoms with Gasteiger partial charge in [-0.2, -0.15) is 0 Å². The molecule has 2 rings (SSSR count). The number of benzene rings is 1. The molecule has 0 aliphatic heterocycles. The van der Waals surface area contributed by atoms with Gasteiger partial charge in [-0.1, -0.05) is 35.4 Å². The minimum absolute atomic E-state index is 0.702. The van der Waals surface area contributed by atoms with Gasteiger partial charge in [0.25, 0.3) is 0 Å². The van der Waals surface area contributed by atoms with Crippen molar-refractivity contribution in [2.75, 3.05) is 6.54 Å². The summed E-state index contributed by atoms with van der Waals surface area (Å²) >= 11 is 0. The van der Waals surface area contributed by atoms with Gasteiger partial charge in [0.2, 0.25) is 0 Å². The van der Waals surface area contributed by atoms with E-state index >= 15 is 0 Å². The van der Waals surface area contributed by atoms with E-state index < -0.39 is 0 Å². The molecule has 1 nitrogen and oxygen atoms in total.